The van der Waals surface area contributed by atoms with Gasteiger partial charge in [-0.05, 0) is 17.7 Å². The predicted octanol–water partition coefficient (Wildman–Crippen LogP) is 2.88. The number of rotatable bonds is 2. The Morgan fingerprint density at radius 2 is 2.00 bits per heavy atom. The summed E-state index contributed by atoms with van der Waals surface area (Å²) in [7, 11) is 0. The van der Waals surface area contributed by atoms with Gasteiger partial charge in [-0.1, -0.05) is 19.1 Å². The summed E-state index contributed by atoms with van der Waals surface area (Å²) < 4.78 is 0. The van der Waals surface area contributed by atoms with Gasteiger partial charge in [-0.25, -0.2) is 4.98 Å². The van der Waals surface area contributed by atoms with Crippen molar-refractivity contribution in [1.29, 1.82) is 0 Å². The van der Waals surface area contributed by atoms with Crippen molar-refractivity contribution < 1.29 is 0 Å². The van der Waals surface area contributed by atoms with Crippen LogP contribution >= 0.6 is 11.3 Å². The normalized spacial score (nSPS) is 12.6. The van der Waals surface area contributed by atoms with Gasteiger partial charge >= 0.3 is 0 Å². The highest BCUT2D eigenvalue weighted by molar-refractivity contribution is 7.09. The molecule has 0 aliphatic carbocycles. The molecule has 0 aliphatic heterocycles. The van der Waals surface area contributed by atoms with E-state index < -0.39 is 0 Å². The Labute approximate surface area is 87.4 Å². The lowest BCUT2D eigenvalue weighted by atomic mass is 10.0. The van der Waals surface area contributed by atoms with Crippen LogP contribution in [0.3, 0.4) is 0 Å². The van der Waals surface area contributed by atoms with E-state index in [4.69, 9.17) is 5.73 Å². The van der Waals surface area contributed by atoms with E-state index in [0.717, 1.165) is 10.7 Å². The number of aromatic nitrogens is 1. The summed E-state index contributed by atoms with van der Waals surface area (Å²) in [5.74, 6) is 0.357. The summed E-state index contributed by atoms with van der Waals surface area (Å²) in [5.41, 5.74) is 7.70. The molecule has 0 radical (unpaired) electrons. The molecule has 1 atom stereocenters. The molecule has 0 saturated carbocycles. The summed E-state index contributed by atoms with van der Waals surface area (Å²) in [5, 5.41) is 3.15. The summed E-state index contributed by atoms with van der Waals surface area (Å²) in [6.07, 6.45) is 1.84. The fraction of sp³-hybridized carbons (Fsp3) is 0.182. The van der Waals surface area contributed by atoms with Crippen LogP contribution in [0.4, 0.5) is 5.69 Å². The highest BCUT2D eigenvalue weighted by atomic mass is 32.1. The fourth-order valence-corrected chi connectivity index (χ4v) is 2.10. The Balaban J connectivity index is 2.28. The van der Waals surface area contributed by atoms with Gasteiger partial charge in [0.25, 0.3) is 0 Å². The SMILES string of the molecule is CC(c1ccc(N)cc1)c1nccs1. The molecular weight excluding hydrogens is 192 g/mol. The van der Waals surface area contributed by atoms with E-state index in [1.807, 2.05) is 23.7 Å². The summed E-state index contributed by atoms with van der Waals surface area (Å²) in [6, 6.07) is 7.97. The van der Waals surface area contributed by atoms with Crippen LogP contribution in [-0.4, -0.2) is 4.98 Å². The Morgan fingerprint density at radius 3 is 2.57 bits per heavy atom. The number of nitrogens with two attached hydrogens (primary N) is 1. The number of thiazole rings is 1. The van der Waals surface area contributed by atoms with Gasteiger partial charge in [-0.2, -0.15) is 0 Å². The zero-order chi connectivity index (χ0) is 9.97. The molecule has 0 saturated heterocycles. The van der Waals surface area contributed by atoms with Gasteiger partial charge in [-0.3, -0.25) is 0 Å². The van der Waals surface area contributed by atoms with Gasteiger partial charge in [0.2, 0.25) is 0 Å². The Morgan fingerprint density at radius 1 is 1.29 bits per heavy atom. The van der Waals surface area contributed by atoms with Gasteiger partial charge in [0.15, 0.2) is 0 Å². The van der Waals surface area contributed by atoms with Gasteiger partial charge in [0.1, 0.15) is 0 Å². The highest BCUT2D eigenvalue weighted by Gasteiger charge is 2.09. The largest absolute Gasteiger partial charge is 0.399 e. The monoisotopic (exact) mass is 204 g/mol. The third kappa shape index (κ3) is 1.77. The second-order valence-electron chi connectivity index (χ2n) is 3.26. The predicted molar refractivity (Wildman–Crippen MR) is 60.5 cm³/mol. The number of nitrogens with zero attached hydrogens (tertiary/aromatic N) is 1. The minimum atomic E-state index is 0.357. The zero-order valence-electron chi connectivity index (χ0n) is 7.97. The first-order valence-electron chi connectivity index (χ1n) is 4.52. The molecule has 1 aromatic carbocycles. The highest BCUT2D eigenvalue weighted by Crippen LogP contribution is 2.25. The average molecular weight is 204 g/mol. The number of hydrogen-bond donors (Lipinski definition) is 1. The van der Waals surface area contributed by atoms with Crippen LogP contribution < -0.4 is 5.73 Å². The minimum absolute atomic E-state index is 0.357. The maximum absolute atomic E-state index is 5.63. The maximum Gasteiger partial charge on any atom is 0.0997 e. The first-order valence-corrected chi connectivity index (χ1v) is 5.40. The molecule has 0 fully saturated rings. The molecule has 72 valence electrons. The summed E-state index contributed by atoms with van der Waals surface area (Å²) in [6.45, 7) is 2.16. The van der Waals surface area contributed by atoms with Crippen LogP contribution in [0.15, 0.2) is 35.8 Å². The molecule has 1 aromatic heterocycles. The van der Waals surface area contributed by atoms with Crippen LogP contribution in [0.5, 0.6) is 0 Å². The van der Waals surface area contributed by atoms with Crippen molar-refractivity contribution in [2.45, 2.75) is 12.8 Å². The molecule has 0 amide bonds. The fourth-order valence-electron chi connectivity index (χ4n) is 1.38. The lowest BCUT2D eigenvalue weighted by Gasteiger charge is -2.08. The van der Waals surface area contributed by atoms with Crippen molar-refractivity contribution in [3.63, 3.8) is 0 Å². The molecule has 2 N–H and O–H groups in total. The van der Waals surface area contributed by atoms with Crippen molar-refractivity contribution in [2.75, 3.05) is 5.73 Å². The molecule has 0 bridgehead atoms. The lowest BCUT2D eigenvalue weighted by Crippen LogP contribution is -1.95. The van der Waals surface area contributed by atoms with E-state index in [0.29, 0.717) is 5.92 Å². The van der Waals surface area contributed by atoms with E-state index in [1.165, 1.54) is 5.56 Å². The smallest absolute Gasteiger partial charge is 0.0997 e. The standard InChI is InChI=1S/C11H12N2S/c1-8(11-13-6-7-14-11)9-2-4-10(12)5-3-9/h2-8H,12H2,1H3. The van der Waals surface area contributed by atoms with E-state index in [2.05, 4.69) is 24.0 Å². The second kappa shape index (κ2) is 3.80. The zero-order valence-corrected chi connectivity index (χ0v) is 8.79. The minimum Gasteiger partial charge on any atom is -0.399 e. The van der Waals surface area contributed by atoms with Gasteiger partial charge in [0.05, 0.1) is 5.01 Å². The van der Waals surface area contributed by atoms with Crippen molar-refractivity contribution in [3.05, 3.63) is 46.4 Å². The number of benzene rings is 1. The van der Waals surface area contributed by atoms with Crippen LogP contribution in [-0.2, 0) is 0 Å². The van der Waals surface area contributed by atoms with Crippen molar-refractivity contribution in [1.82, 2.24) is 4.98 Å². The van der Waals surface area contributed by atoms with Crippen LogP contribution in [0.1, 0.15) is 23.4 Å². The van der Waals surface area contributed by atoms with E-state index >= 15 is 0 Å². The molecular formula is C11H12N2S. The number of hydrogen-bond acceptors (Lipinski definition) is 3. The maximum atomic E-state index is 5.63. The Kier molecular flexibility index (Phi) is 2.50. The molecule has 14 heavy (non-hydrogen) atoms. The first-order chi connectivity index (χ1) is 6.77. The molecule has 1 heterocycles. The molecule has 2 nitrogen and oxygen atoms in total. The van der Waals surface area contributed by atoms with Gasteiger partial charge in [-0.15, -0.1) is 11.3 Å². The third-order valence-electron chi connectivity index (χ3n) is 2.26. The molecule has 0 spiro atoms. The van der Waals surface area contributed by atoms with Crippen LogP contribution in [0.25, 0.3) is 0 Å². The first kappa shape index (κ1) is 9.21. The Bertz CT molecular complexity index is 392. The molecule has 2 aromatic rings. The van der Waals surface area contributed by atoms with E-state index in [1.54, 1.807) is 11.3 Å². The van der Waals surface area contributed by atoms with Crippen molar-refractivity contribution >= 4 is 17.0 Å². The van der Waals surface area contributed by atoms with Crippen molar-refractivity contribution in [2.24, 2.45) is 0 Å². The second-order valence-corrected chi connectivity index (χ2v) is 4.18. The number of anilines is 1. The van der Waals surface area contributed by atoms with Crippen molar-refractivity contribution in [3.8, 4) is 0 Å². The van der Waals surface area contributed by atoms with Crippen LogP contribution in [0.2, 0.25) is 0 Å². The van der Waals surface area contributed by atoms with E-state index in [9.17, 15) is 0 Å². The van der Waals surface area contributed by atoms with Gasteiger partial charge < -0.3 is 5.73 Å². The molecule has 3 heteroatoms. The van der Waals surface area contributed by atoms with E-state index in [-0.39, 0.29) is 0 Å². The molecule has 2 rings (SSSR count). The third-order valence-corrected chi connectivity index (χ3v) is 3.22. The van der Waals surface area contributed by atoms with Crippen LogP contribution in [0, 0.1) is 0 Å². The number of nitrogen functional groups attached to an aromatic ring is 1. The topological polar surface area (TPSA) is 38.9 Å². The molecule has 0 aliphatic rings. The summed E-state index contributed by atoms with van der Waals surface area (Å²) in [4.78, 5) is 4.30. The quantitative estimate of drug-likeness (QED) is 0.764. The average Bonchev–Trinajstić information content (AvgIpc) is 2.71. The van der Waals surface area contributed by atoms with Gasteiger partial charge in [0, 0.05) is 23.2 Å². The lowest BCUT2D eigenvalue weighted by molar-refractivity contribution is 0.905. The molecule has 1 unspecified atom stereocenters. The Hall–Kier alpha value is -1.35. The summed E-state index contributed by atoms with van der Waals surface area (Å²) >= 11 is 1.69.